The van der Waals surface area contributed by atoms with Crippen molar-refractivity contribution in [2.45, 2.75) is 43.1 Å². The molecule has 0 fully saturated rings. The van der Waals surface area contributed by atoms with Crippen LogP contribution in [0.5, 0.6) is 0 Å². The first-order chi connectivity index (χ1) is 11.9. The summed E-state index contributed by atoms with van der Waals surface area (Å²) in [6, 6.07) is 7.51. The highest BCUT2D eigenvalue weighted by atomic mass is 35.5. The third kappa shape index (κ3) is 4.85. The van der Waals surface area contributed by atoms with Crippen molar-refractivity contribution in [3.63, 3.8) is 0 Å². The Bertz CT molecular complexity index is 868. The predicted octanol–water partition coefficient (Wildman–Crippen LogP) is 6.87. The van der Waals surface area contributed by atoms with E-state index in [1.807, 2.05) is 0 Å². The Balaban J connectivity index is 2.50. The summed E-state index contributed by atoms with van der Waals surface area (Å²) in [7, 11) is 0. The monoisotopic (exact) mass is 418 g/mol. The summed E-state index contributed by atoms with van der Waals surface area (Å²) >= 11 is 13.0. The van der Waals surface area contributed by atoms with Gasteiger partial charge in [0.1, 0.15) is 11.1 Å². The molecule has 0 aliphatic carbocycles. The van der Waals surface area contributed by atoms with Crippen LogP contribution in [0.4, 0.5) is 13.2 Å². The van der Waals surface area contributed by atoms with E-state index in [2.05, 4.69) is 4.98 Å². The lowest BCUT2D eigenvalue weighted by atomic mass is 9.90. The van der Waals surface area contributed by atoms with Gasteiger partial charge in [-0.1, -0.05) is 50.0 Å². The van der Waals surface area contributed by atoms with Crippen LogP contribution >= 0.6 is 35.0 Å². The van der Waals surface area contributed by atoms with Crippen molar-refractivity contribution in [1.29, 1.82) is 5.26 Å². The lowest BCUT2D eigenvalue weighted by Gasteiger charge is -2.21. The lowest BCUT2D eigenvalue weighted by Crippen LogP contribution is -2.18. The van der Waals surface area contributed by atoms with Crippen LogP contribution in [0.15, 0.2) is 29.3 Å². The van der Waals surface area contributed by atoms with Gasteiger partial charge in [0.05, 0.1) is 11.1 Å². The Morgan fingerprint density at radius 2 is 1.81 bits per heavy atom. The van der Waals surface area contributed by atoms with Gasteiger partial charge in [0.25, 0.3) is 0 Å². The maximum atomic E-state index is 13.4. The number of nitriles is 1. The first-order valence-corrected chi connectivity index (χ1v) is 9.27. The zero-order valence-electron chi connectivity index (χ0n) is 14.2. The molecule has 1 aromatic carbocycles. The van der Waals surface area contributed by atoms with Gasteiger partial charge < -0.3 is 0 Å². The number of aromatic nitrogens is 1. The van der Waals surface area contributed by atoms with Crippen LogP contribution in [0.2, 0.25) is 10.0 Å². The van der Waals surface area contributed by atoms with E-state index in [0.29, 0.717) is 15.6 Å². The number of benzene rings is 1. The molecule has 0 spiro atoms. The fourth-order valence-electron chi connectivity index (χ4n) is 2.13. The average Bonchev–Trinajstić information content (AvgIpc) is 2.51. The largest absolute Gasteiger partial charge is 0.417 e. The van der Waals surface area contributed by atoms with E-state index in [1.165, 1.54) is 0 Å². The maximum Gasteiger partial charge on any atom is 0.417 e. The summed E-state index contributed by atoms with van der Waals surface area (Å²) in [6.07, 6.45) is -4.64. The zero-order chi connectivity index (χ0) is 19.7. The zero-order valence-corrected chi connectivity index (χ0v) is 16.5. The molecule has 0 N–H and O–H groups in total. The van der Waals surface area contributed by atoms with Gasteiger partial charge in [0, 0.05) is 26.9 Å². The highest BCUT2D eigenvalue weighted by Gasteiger charge is 2.37. The molecule has 26 heavy (non-hydrogen) atoms. The van der Waals surface area contributed by atoms with Crippen molar-refractivity contribution in [3.8, 4) is 6.07 Å². The van der Waals surface area contributed by atoms with Crippen molar-refractivity contribution < 1.29 is 13.2 Å². The molecule has 0 radical (unpaired) electrons. The van der Waals surface area contributed by atoms with Crippen LogP contribution in [0.1, 0.15) is 43.2 Å². The van der Waals surface area contributed by atoms with Crippen molar-refractivity contribution in [1.82, 2.24) is 4.98 Å². The Morgan fingerprint density at radius 3 is 2.31 bits per heavy atom. The quantitative estimate of drug-likeness (QED) is 0.510. The van der Waals surface area contributed by atoms with Crippen molar-refractivity contribution in [3.05, 3.63) is 56.7 Å². The van der Waals surface area contributed by atoms with E-state index >= 15 is 0 Å². The third-order valence-electron chi connectivity index (χ3n) is 3.55. The number of thioether (sulfide) groups is 1. The molecule has 2 rings (SSSR count). The van der Waals surface area contributed by atoms with Gasteiger partial charge in [-0.15, -0.1) is 11.8 Å². The Morgan fingerprint density at radius 1 is 1.15 bits per heavy atom. The van der Waals surface area contributed by atoms with Crippen LogP contribution in [-0.4, -0.2) is 4.98 Å². The minimum Gasteiger partial charge on any atom is -0.245 e. The van der Waals surface area contributed by atoms with Gasteiger partial charge in [-0.2, -0.15) is 18.4 Å². The molecule has 0 aliphatic heterocycles. The fraction of sp³-hybridized carbons (Fsp3) is 0.333. The number of hydrogen-bond acceptors (Lipinski definition) is 3. The molecule has 138 valence electrons. The SMILES string of the molecule is CC(C)(C)c1cc(C(F)(F)F)c(C#N)c(SCc2ccc(Cl)cc2Cl)n1. The highest BCUT2D eigenvalue weighted by molar-refractivity contribution is 7.98. The number of halogens is 5. The Kier molecular flexibility index (Phi) is 6.17. The van der Waals surface area contributed by atoms with Crippen LogP contribution < -0.4 is 0 Å². The molecule has 8 heteroatoms. The van der Waals surface area contributed by atoms with Crippen LogP contribution in [0.25, 0.3) is 0 Å². The molecule has 0 saturated heterocycles. The summed E-state index contributed by atoms with van der Waals surface area (Å²) in [6.45, 7) is 5.31. The predicted molar refractivity (Wildman–Crippen MR) is 98.7 cm³/mol. The molecule has 1 aromatic heterocycles. The summed E-state index contributed by atoms with van der Waals surface area (Å²) in [4.78, 5) is 4.32. The average molecular weight is 419 g/mol. The second-order valence-corrected chi connectivity index (χ2v) is 8.43. The molecule has 2 aromatic rings. The fourth-order valence-corrected chi connectivity index (χ4v) is 3.69. The van der Waals surface area contributed by atoms with Gasteiger partial charge in [-0.25, -0.2) is 4.98 Å². The molecule has 0 unspecified atom stereocenters. The van der Waals surface area contributed by atoms with Crippen molar-refractivity contribution in [2.24, 2.45) is 0 Å². The smallest absolute Gasteiger partial charge is 0.245 e. The summed E-state index contributed by atoms with van der Waals surface area (Å²) in [5.74, 6) is 0.266. The normalized spacial score (nSPS) is 12.1. The number of rotatable bonds is 3. The summed E-state index contributed by atoms with van der Waals surface area (Å²) < 4.78 is 40.3. The highest BCUT2D eigenvalue weighted by Crippen LogP contribution is 2.39. The van der Waals surface area contributed by atoms with Gasteiger partial charge in [0.15, 0.2) is 0 Å². The topological polar surface area (TPSA) is 36.7 Å². The van der Waals surface area contributed by atoms with Gasteiger partial charge in [-0.05, 0) is 23.8 Å². The summed E-state index contributed by atoms with van der Waals surface area (Å²) in [5, 5.41) is 10.2. The second kappa shape index (κ2) is 7.67. The van der Waals surface area contributed by atoms with Crippen LogP contribution in [0, 0.1) is 11.3 Å². The van der Waals surface area contributed by atoms with E-state index in [1.54, 1.807) is 45.0 Å². The second-order valence-electron chi connectivity index (χ2n) is 6.62. The van der Waals surface area contributed by atoms with Crippen LogP contribution in [0.3, 0.4) is 0 Å². The van der Waals surface area contributed by atoms with E-state index in [4.69, 9.17) is 23.2 Å². The molecule has 2 nitrogen and oxygen atoms in total. The van der Waals surface area contributed by atoms with Gasteiger partial charge in [0.2, 0.25) is 0 Å². The molecule has 0 aliphatic rings. The third-order valence-corrected chi connectivity index (χ3v) is 5.16. The first-order valence-electron chi connectivity index (χ1n) is 7.53. The molecule has 0 bridgehead atoms. The molecular weight excluding hydrogens is 404 g/mol. The number of hydrogen-bond donors (Lipinski definition) is 0. The Hall–Kier alpha value is -1.42. The van der Waals surface area contributed by atoms with E-state index in [-0.39, 0.29) is 16.5 Å². The minimum absolute atomic E-state index is 0.0401. The molecule has 0 saturated carbocycles. The molecule has 0 amide bonds. The van der Waals surface area contributed by atoms with Crippen molar-refractivity contribution >= 4 is 35.0 Å². The standard InChI is InChI=1S/C18H15Cl2F3N2S/c1-17(2,3)15-7-13(18(21,22)23)12(8-24)16(25-15)26-9-10-4-5-11(19)6-14(10)20/h4-7H,9H2,1-3H3. The number of nitrogens with zero attached hydrogens (tertiary/aromatic N) is 2. The maximum absolute atomic E-state index is 13.4. The first kappa shape index (κ1) is 20.9. The Labute approximate surface area is 164 Å². The van der Waals surface area contributed by atoms with E-state index in [0.717, 1.165) is 17.8 Å². The number of pyridine rings is 1. The van der Waals surface area contributed by atoms with Crippen LogP contribution in [-0.2, 0) is 17.3 Å². The molecule has 0 atom stereocenters. The van der Waals surface area contributed by atoms with Gasteiger partial charge >= 0.3 is 6.18 Å². The lowest BCUT2D eigenvalue weighted by molar-refractivity contribution is -0.138. The molecule has 1 heterocycles. The minimum atomic E-state index is -4.64. The van der Waals surface area contributed by atoms with E-state index in [9.17, 15) is 18.4 Å². The number of alkyl halides is 3. The van der Waals surface area contributed by atoms with Crippen molar-refractivity contribution in [2.75, 3.05) is 0 Å². The van der Waals surface area contributed by atoms with E-state index < -0.39 is 22.7 Å². The summed E-state index contributed by atoms with van der Waals surface area (Å²) in [5.41, 5.74) is -1.07. The van der Waals surface area contributed by atoms with Gasteiger partial charge in [-0.3, -0.25) is 0 Å². The molecular formula is C18H15Cl2F3N2S.